The zero-order valence-corrected chi connectivity index (χ0v) is 11.6. The van der Waals surface area contributed by atoms with Gasteiger partial charge in [-0.25, -0.2) is 0 Å². The maximum Gasteiger partial charge on any atom is 0.0594 e. The predicted molar refractivity (Wildman–Crippen MR) is 75.6 cm³/mol. The first-order chi connectivity index (χ1) is 8.79. The minimum absolute atomic E-state index is 0.269. The van der Waals surface area contributed by atoms with E-state index in [1.54, 1.807) is 0 Å². The second kappa shape index (κ2) is 6.69. The molecule has 1 saturated heterocycles. The summed E-state index contributed by atoms with van der Waals surface area (Å²) >= 11 is 0. The molecule has 0 aromatic rings. The molecule has 1 unspecified atom stereocenters. The summed E-state index contributed by atoms with van der Waals surface area (Å²) in [6.07, 6.45) is 10.6. The summed E-state index contributed by atoms with van der Waals surface area (Å²) in [6.45, 7) is 7.68. The monoisotopic (exact) mass is 252 g/mol. The number of hydrogen-bond acceptors (Lipinski definition) is 3. The van der Waals surface area contributed by atoms with Gasteiger partial charge in [0.2, 0.25) is 0 Å². The van der Waals surface area contributed by atoms with E-state index in [0.29, 0.717) is 6.04 Å². The number of ether oxygens (including phenoxy) is 1. The van der Waals surface area contributed by atoms with Gasteiger partial charge < -0.3 is 10.5 Å². The molecule has 1 aliphatic heterocycles. The van der Waals surface area contributed by atoms with Gasteiger partial charge in [-0.15, -0.1) is 6.58 Å². The van der Waals surface area contributed by atoms with Crippen molar-refractivity contribution in [3.05, 3.63) is 12.7 Å². The standard InChI is InChI=1S/C15H28N2O/c1-2-3-4-7-14(16)15(8-5-6-9-15)17-10-12-18-13-11-17/h2,14H,1,3-13,16H2. The number of hydrogen-bond donors (Lipinski definition) is 1. The lowest BCUT2D eigenvalue weighted by Gasteiger charge is -2.47. The van der Waals surface area contributed by atoms with Crippen LogP contribution < -0.4 is 5.73 Å². The normalized spacial score (nSPS) is 26.1. The van der Waals surface area contributed by atoms with E-state index in [1.165, 1.54) is 32.1 Å². The fourth-order valence-corrected chi connectivity index (χ4v) is 3.67. The molecule has 0 bridgehead atoms. The van der Waals surface area contributed by atoms with Crippen LogP contribution in [-0.4, -0.2) is 42.8 Å². The van der Waals surface area contributed by atoms with Gasteiger partial charge in [0.15, 0.2) is 0 Å². The lowest BCUT2D eigenvalue weighted by Crippen LogP contribution is -2.61. The molecule has 1 aliphatic carbocycles. The topological polar surface area (TPSA) is 38.5 Å². The molecule has 0 amide bonds. The van der Waals surface area contributed by atoms with E-state index >= 15 is 0 Å². The Morgan fingerprint density at radius 3 is 2.56 bits per heavy atom. The van der Waals surface area contributed by atoms with Gasteiger partial charge in [0, 0.05) is 24.7 Å². The van der Waals surface area contributed by atoms with Gasteiger partial charge in [0.25, 0.3) is 0 Å². The lowest BCUT2D eigenvalue weighted by molar-refractivity contribution is -0.0317. The van der Waals surface area contributed by atoms with Crippen LogP contribution in [0, 0.1) is 0 Å². The third-order valence-corrected chi connectivity index (χ3v) is 4.72. The molecule has 0 aromatic heterocycles. The molecule has 1 heterocycles. The number of morpholine rings is 1. The number of nitrogens with zero attached hydrogens (tertiary/aromatic N) is 1. The van der Waals surface area contributed by atoms with Crippen LogP contribution in [0.4, 0.5) is 0 Å². The quantitative estimate of drug-likeness (QED) is 0.582. The highest BCUT2D eigenvalue weighted by atomic mass is 16.5. The summed E-state index contributed by atoms with van der Waals surface area (Å²) in [5.74, 6) is 0. The summed E-state index contributed by atoms with van der Waals surface area (Å²) in [5.41, 5.74) is 6.84. The van der Waals surface area contributed by atoms with Gasteiger partial charge in [0.1, 0.15) is 0 Å². The van der Waals surface area contributed by atoms with Crippen molar-refractivity contribution >= 4 is 0 Å². The van der Waals surface area contributed by atoms with Crippen molar-refractivity contribution in [2.45, 2.75) is 56.5 Å². The molecule has 2 rings (SSSR count). The third-order valence-electron chi connectivity index (χ3n) is 4.72. The largest absolute Gasteiger partial charge is 0.379 e. The Morgan fingerprint density at radius 2 is 1.94 bits per heavy atom. The minimum atomic E-state index is 0.269. The minimum Gasteiger partial charge on any atom is -0.379 e. The van der Waals surface area contributed by atoms with E-state index in [1.807, 2.05) is 6.08 Å². The highest BCUT2D eigenvalue weighted by molar-refractivity contribution is 5.02. The summed E-state index contributed by atoms with van der Waals surface area (Å²) in [7, 11) is 0. The Hall–Kier alpha value is -0.380. The van der Waals surface area contributed by atoms with Crippen LogP contribution in [0.2, 0.25) is 0 Å². The molecule has 2 N–H and O–H groups in total. The molecular formula is C15H28N2O. The average molecular weight is 252 g/mol. The van der Waals surface area contributed by atoms with Crippen molar-refractivity contribution in [1.29, 1.82) is 0 Å². The Bertz CT molecular complexity index is 255. The number of unbranched alkanes of at least 4 members (excludes halogenated alkanes) is 1. The zero-order chi connectivity index (χ0) is 12.8. The van der Waals surface area contributed by atoms with E-state index < -0.39 is 0 Å². The van der Waals surface area contributed by atoms with Crippen LogP contribution in [0.15, 0.2) is 12.7 Å². The van der Waals surface area contributed by atoms with Crippen molar-refractivity contribution in [3.8, 4) is 0 Å². The molecule has 0 aromatic carbocycles. The lowest BCUT2D eigenvalue weighted by atomic mass is 9.83. The summed E-state index contributed by atoms with van der Waals surface area (Å²) in [4.78, 5) is 2.63. The van der Waals surface area contributed by atoms with Gasteiger partial charge in [-0.05, 0) is 32.1 Å². The van der Waals surface area contributed by atoms with E-state index in [9.17, 15) is 0 Å². The molecule has 2 aliphatic rings. The zero-order valence-electron chi connectivity index (χ0n) is 11.6. The van der Waals surface area contributed by atoms with Gasteiger partial charge in [0.05, 0.1) is 13.2 Å². The number of nitrogens with two attached hydrogens (primary N) is 1. The second-order valence-corrected chi connectivity index (χ2v) is 5.74. The van der Waals surface area contributed by atoms with Crippen molar-refractivity contribution in [2.75, 3.05) is 26.3 Å². The molecule has 2 fully saturated rings. The maximum absolute atomic E-state index is 6.57. The van der Waals surface area contributed by atoms with E-state index in [2.05, 4.69) is 11.5 Å². The van der Waals surface area contributed by atoms with Crippen molar-refractivity contribution in [2.24, 2.45) is 5.73 Å². The fraction of sp³-hybridized carbons (Fsp3) is 0.867. The van der Waals surface area contributed by atoms with Gasteiger partial charge in [-0.3, -0.25) is 4.90 Å². The Labute approximate surface area is 111 Å². The highest BCUT2D eigenvalue weighted by Crippen LogP contribution is 2.39. The highest BCUT2D eigenvalue weighted by Gasteiger charge is 2.44. The molecule has 3 heteroatoms. The summed E-state index contributed by atoms with van der Waals surface area (Å²) < 4.78 is 5.49. The average Bonchev–Trinajstić information content (AvgIpc) is 2.90. The second-order valence-electron chi connectivity index (χ2n) is 5.74. The van der Waals surface area contributed by atoms with Crippen molar-refractivity contribution in [1.82, 2.24) is 4.90 Å². The predicted octanol–water partition coefficient (Wildman–Crippen LogP) is 2.31. The molecule has 3 nitrogen and oxygen atoms in total. The Balaban J connectivity index is 1.98. The molecule has 104 valence electrons. The Kier molecular flexibility index (Phi) is 5.22. The van der Waals surface area contributed by atoms with Crippen molar-refractivity contribution < 1.29 is 4.74 Å². The van der Waals surface area contributed by atoms with Crippen LogP contribution in [-0.2, 0) is 4.74 Å². The van der Waals surface area contributed by atoms with Crippen LogP contribution in [0.3, 0.4) is 0 Å². The van der Waals surface area contributed by atoms with Crippen molar-refractivity contribution in [3.63, 3.8) is 0 Å². The smallest absolute Gasteiger partial charge is 0.0594 e. The first kappa shape index (κ1) is 14.0. The summed E-state index contributed by atoms with van der Waals surface area (Å²) in [5, 5.41) is 0. The summed E-state index contributed by atoms with van der Waals surface area (Å²) in [6, 6.07) is 0.318. The van der Waals surface area contributed by atoms with Crippen LogP contribution in [0.1, 0.15) is 44.9 Å². The fourth-order valence-electron chi connectivity index (χ4n) is 3.67. The Morgan fingerprint density at radius 1 is 1.28 bits per heavy atom. The first-order valence-corrected chi connectivity index (χ1v) is 7.49. The number of allylic oxidation sites excluding steroid dienone is 1. The number of rotatable bonds is 6. The molecule has 18 heavy (non-hydrogen) atoms. The molecular weight excluding hydrogens is 224 g/mol. The van der Waals surface area contributed by atoms with E-state index in [-0.39, 0.29) is 5.54 Å². The van der Waals surface area contributed by atoms with Crippen LogP contribution in [0.25, 0.3) is 0 Å². The maximum atomic E-state index is 6.57. The van der Waals surface area contributed by atoms with Gasteiger partial charge >= 0.3 is 0 Å². The molecule has 1 saturated carbocycles. The van der Waals surface area contributed by atoms with E-state index in [0.717, 1.165) is 39.1 Å². The molecule has 1 atom stereocenters. The SMILES string of the molecule is C=CCCCC(N)C1(N2CCOCC2)CCCC1. The van der Waals surface area contributed by atoms with Gasteiger partial charge in [-0.2, -0.15) is 0 Å². The van der Waals surface area contributed by atoms with Crippen LogP contribution >= 0.6 is 0 Å². The van der Waals surface area contributed by atoms with E-state index in [4.69, 9.17) is 10.5 Å². The third kappa shape index (κ3) is 2.95. The molecule has 0 spiro atoms. The molecule has 0 radical (unpaired) electrons. The van der Waals surface area contributed by atoms with Gasteiger partial charge in [-0.1, -0.05) is 18.9 Å². The first-order valence-electron chi connectivity index (χ1n) is 7.49. The van der Waals surface area contributed by atoms with Crippen LogP contribution in [0.5, 0.6) is 0 Å².